The average Bonchev–Trinajstić information content (AvgIpc) is 2.54. The fourth-order valence-corrected chi connectivity index (χ4v) is 2.57. The van der Waals surface area contributed by atoms with Gasteiger partial charge in [0.1, 0.15) is 0 Å². The number of benzene rings is 2. The van der Waals surface area contributed by atoms with Gasteiger partial charge in [0.25, 0.3) is 0 Å². The molecule has 0 unspecified atom stereocenters. The van der Waals surface area contributed by atoms with E-state index in [9.17, 15) is 0 Å². The Morgan fingerprint density at radius 2 is 2.00 bits per heavy atom. The summed E-state index contributed by atoms with van der Waals surface area (Å²) < 4.78 is 0. The maximum absolute atomic E-state index is 9.06. The first-order chi connectivity index (χ1) is 10.6. The number of azide groups is 1. The highest BCUT2D eigenvalue weighted by atomic mass is 35.5. The molecule has 0 heterocycles. The van der Waals surface area contributed by atoms with Crippen LogP contribution in [0, 0.1) is 11.3 Å². The van der Waals surface area contributed by atoms with Gasteiger partial charge >= 0.3 is 0 Å². The lowest BCUT2D eigenvalue weighted by atomic mass is 9.86. The van der Waals surface area contributed by atoms with Crippen molar-refractivity contribution in [3.05, 3.63) is 80.7 Å². The summed E-state index contributed by atoms with van der Waals surface area (Å²) >= 11 is 5.91. The Morgan fingerprint density at radius 1 is 1.27 bits per heavy atom. The van der Waals surface area contributed by atoms with Crippen LogP contribution in [0.4, 0.5) is 0 Å². The first-order valence-corrected chi connectivity index (χ1v) is 7.30. The van der Waals surface area contributed by atoms with Crippen molar-refractivity contribution in [3.8, 4) is 6.07 Å². The van der Waals surface area contributed by atoms with Crippen LogP contribution in [0.1, 0.15) is 29.5 Å². The van der Waals surface area contributed by atoms with Crippen molar-refractivity contribution in [2.24, 2.45) is 5.11 Å². The van der Waals surface area contributed by atoms with Gasteiger partial charge in [-0.3, -0.25) is 0 Å². The lowest BCUT2D eigenvalue weighted by molar-refractivity contribution is 0.562. The third-order valence-corrected chi connectivity index (χ3v) is 3.88. The molecule has 2 rings (SSSR count). The molecule has 110 valence electrons. The normalized spacial score (nSPS) is 12.8. The summed E-state index contributed by atoms with van der Waals surface area (Å²) in [5.41, 5.74) is 11.4. The molecule has 2 aromatic rings. The molecule has 2 atom stereocenters. The van der Waals surface area contributed by atoms with Crippen molar-refractivity contribution in [1.29, 1.82) is 5.26 Å². The Labute approximate surface area is 134 Å². The van der Waals surface area contributed by atoms with Crippen molar-refractivity contribution in [2.75, 3.05) is 0 Å². The fraction of sp³-hybridized carbons (Fsp3) is 0.235. The van der Waals surface area contributed by atoms with Crippen LogP contribution in [0.25, 0.3) is 10.4 Å². The van der Waals surface area contributed by atoms with Gasteiger partial charge in [0.2, 0.25) is 0 Å². The van der Waals surface area contributed by atoms with Gasteiger partial charge < -0.3 is 0 Å². The van der Waals surface area contributed by atoms with E-state index in [0.717, 1.165) is 11.1 Å². The highest BCUT2D eigenvalue weighted by molar-refractivity contribution is 6.30. The molecule has 0 saturated heterocycles. The Bertz CT molecular complexity index is 727. The minimum Gasteiger partial charge on any atom is -0.192 e. The summed E-state index contributed by atoms with van der Waals surface area (Å²) in [6, 6.07) is 17.0. The number of nitrogens with zero attached hydrogens (tertiary/aromatic N) is 4. The van der Waals surface area contributed by atoms with Crippen molar-refractivity contribution in [1.82, 2.24) is 0 Å². The van der Waals surface area contributed by atoms with E-state index in [1.165, 1.54) is 0 Å². The van der Waals surface area contributed by atoms with E-state index in [4.69, 9.17) is 22.4 Å². The van der Waals surface area contributed by atoms with E-state index in [2.05, 4.69) is 16.1 Å². The molecule has 0 aromatic heterocycles. The van der Waals surface area contributed by atoms with Crippen LogP contribution in [-0.4, -0.2) is 6.04 Å². The second-order valence-electron chi connectivity index (χ2n) is 5.12. The van der Waals surface area contributed by atoms with Crippen LogP contribution in [0.15, 0.2) is 53.6 Å². The zero-order chi connectivity index (χ0) is 15.9. The standard InChI is InChI=1S/C17H15ClN4/c1-12(21-22-20)17(10-13-5-7-16(18)8-6-13)15-4-2-3-14(9-15)11-19/h2-9,12,17H,10H2,1H3/t12-,17+/m0/s1. The van der Waals surface area contributed by atoms with E-state index in [1.54, 1.807) is 6.07 Å². The van der Waals surface area contributed by atoms with Gasteiger partial charge in [-0.25, -0.2) is 0 Å². The molecule has 0 aliphatic heterocycles. The van der Waals surface area contributed by atoms with Crippen LogP contribution in [0.5, 0.6) is 0 Å². The maximum Gasteiger partial charge on any atom is 0.0991 e. The van der Waals surface area contributed by atoms with E-state index in [0.29, 0.717) is 17.0 Å². The quantitative estimate of drug-likeness (QED) is 0.423. The molecule has 2 aromatic carbocycles. The monoisotopic (exact) mass is 310 g/mol. The third-order valence-electron chi connectivity index (χ3n) is 3.63. The molecule has 0 spiro atoms. The molecule has 0 fully saturated rings. The van der Waals surface area contributed by atoms with Gasteiger partial charge in [0.05, 0.1) is 11.6 Å². The first-order valence-electron chi connectivity index (χ1n) is 6.92. The van der Waals surface area contributed by atoms with Gasteiger partial charge in [0.15, 0.2) is 0 Å². The molecular formula is C17H15ClN4. The molecule has 5 heteroatoms. The zero-order valence-corrected chi connectivity index (χ0v) is 12.9. The summed E-state index contributed by atoms with van der Waals surface area (Å²) in [5, 5.41) is 13.6. The van der Waals surface area contributed by atoms with Crippen LogP contribution in [0.2, 0.25) is 5.02 Å². The molecule has 0 N–H and O–H groups in total. The van der Waals surface area contributed by atoms with Crippen molar-refractivity contribution < 1.29 is 0 Å². The van der Waals surface area contributed by atoms with Crippen LogP contribution in [0.3, 0.4) is 0 Å². The highest BCUT2D eigenvalue weighted by Gasteiger charge is 2.19. The van der Waals surface area contributed by atoms with Crippen molar-refractivity contribution in [3.63, 3.8) is 0 Å². The molecule has 4 nitrogen and oxygen atoms in total. The number of halogens is 1. The van der Waals surface area contributed by atoms with Gasteiger partial charge in [-0.2, -0.15) is 5.26 Å². The summed E-state index contributed by atoms with van der Waals surface area (Å²) in [6.07, 6.45) is 0.715. The summed E-state index contributed by atoms with van der Waals surface area (Å²) in [5.74, 6) is 0.00498. The molecular weight excluding hydrogens is 296 g/mol. The molecule has 0 saturated carbocycles. The number of nitriles is 1. The molecule has 0 aliphatic carbocycles. The minimum absolute atomic E-state index is 0.00498. The van der Waals surface area contributed by atoms with Crippen LogP contribution >= 0.6 is 11.6 Å². The van der Waals surface area contributed by atoms with E-state index in [1.807, 2.05) is 49.4 Å². The van der Waals surface area contributed by atoms with E-state index >= 15 is 0 Å². The first kappa shape index (κ1) is 15.9. The predicted molar refractivity (Wildman–Crippen MR) is 87.7 cm³/mol. The topological polar surface area (TPSA) is 72.6 Å². The summed E-state index contributed by atoms with van der Waals surface area (Å²) in [6.45, 7) is 1.89. The second kappa shape index (κ2) is 7.51. The SMILES string of the molecule is C[C@H](N=[N+]=[N-])[C@@H](Cc1ccc(Cl)cc1)c1cccc(C#N)c1. The van der Waals surface area contributed by atoms with Crippen molar-refractivity contribution >= 4 is 11.6 Å². The fourth-order valence-electron chi connectivity index (χ4n) is 2.44. The van der Waals surface area contributed by atoms with E-state index < -0.39 is 0 Å². The lowest BCUT2D eigenvalue weighted by Gasteiger charge is -2.21. The highest BCUT2D eigenvalue weighted by Crippen LogP contribution is 2.27. The summed E-state index contributed by atoms with van der Waals surface area (Å²) in [4.78, 5) is 2.92. The predicted octanol–water partition coefficient (Wildman–Crippen LogP) is 5.24. The Hall–Kier alpha value is -2.47. The Balaban J connectivity index is 2.35. The number of rotatable bonds is 5. The second-order valence-corrected chi connectivity index (χ2v) is 5.56. The average molecular weight is 311 g/mol. The van der Waals surface area contributed by atoms with Gasteiger partial charge in [-0.15, -0.1) is 0 Å². The van der Waals surface area contributed by atoms with Crippen LogP contribution < -0.4 is 0 Å². The largest absolute Gasteiger partial charge is 0.192 e. The number of hydrogen-bond acceptors (Lipinski definition) is 2. The third kappa shape index (κ3) is 4.02. The van der Waals surface area contributed by atoms with Gasteiger partial charge in [-0.1, -0.05) is 47.9 Å². The molecule has 0 radical (unpaired) electrons. The molecule has 0 aliphatic rings. The van der Waals surface area contributed by atoms with Crippen LogP contribution in [-0.2, 0) is 6.42 Å². The smallest absolute Gasteiger partial charge is 0.0991 e. The minimum atomic E-state index is -0.213. The van der Waals surface area contributed by atoms with Gasteiger partial charge in [-0.05, 0) is 53.3 Å². The van der Waals surface area contributed by atoms with E-state index in [-0.39, 0.29) is 12.0 Å². The van der Waals surface area contributed by atoms with Gasteiger partial charge in [0, 0.05) is 16.0 Å². The molecule has 22 heavy (non-hydrogen) atoms. The molecule has 0 amide bonds. The number of hydrogen-bond donors (Lipinski definition) is 0. The Kier molecular flexibility index (Phi) is 5.43. The summed E-state index contributed by atoms with van der Waals surface area (Å²) in [7, 11) is 0. The lowest BCUT2D eigenvalue weighted by Crippen LogP contribution is -2.15. The Morgan fingerprint density at radius 3 is 2.64 bits per heavy atom. The maximum atomic E-state index is 9.06. The molecule has 0 bridgehead atoms. The van der Waals surface area contributed by atoms with Crippen molar-refractivity contribution in [2.45, 2.75) is 25.3 Å². The zero-order valence-electron chi connectivity index (χ0n) is 12.1.